The predicted molar refractivity (Wildman–Crippen MR) is 118 cm³/mol. The van der Waals surface area contributed by atoms with E-state index >= 15 is 0 Å². The van der Waals surface area contributed by atoms with Crippen molar-refractivity contribution in [3.05, 3.63) is 83.7 Å². The van der Waals surface area contributed by atoms with Crippen LogP contribution in [0.4, 0.5) is 18.9 Å². The SMILES string of the molecule is COc1cc(CN[C@H](C)c2ccccn2)ccc1OCC(=O)Nc1ccccc1C(F)(F)F. The van der Waals surface area contributed by atoms with E-state index in [1.54, 1.807) is 18.3 Å². The first-order valence-corrected chi connectivity index (χ1v) is 10.2. The van der Waals surface area contributed by atoms with Gasteiger partial charge in [0, 0.05) is 18.8 Å². The molecule has 33 heavy (non-hydrogen) atoms. The van der Waals surface area contributed by atoms with Gasteiger partial charge >= 0.3 is 6.18 Å². The average molecular weight is 459 g/mol. The molecule has 3 aromatic rings. The second kappa shape index (κ2) is 10.8. The molecule has 1 atom stereocenters. The maximum atomic E-state index is 13.1. The molecule has 1 aromatic heterocycles. The molecule has 0 bridgehead atoms. The summed E-state index contributed by atoms with van der Waals surface area (Å²) in [6.45, 7) is 2.08. The Hall–Kier alpha value is -3.59. The van der Waals surface area contributed by atoms with Crippen molar-refractivity contribution in [3.63, 3.8) is 0 Å². The van der Waals surface area contributed by atoms with Crippen LogP contribution in [0.3, 0.4) is 0 Å². The summed E-state index contributed by atoms with van der Waals surface area (Å²) in [7, 11) is 1.47. The van der Waals surface area contributed by atoms with Crippen molar-refractivity contribution in [2.75, 3.05) is 19.0 Å². The third kappa shape index (κ3) is 6.69. The van der Waals surface area contributed by atoms with Gasteiger partial charge in [-0.1, -0.05) is 24.3 Å². The van der Waals surface area contributed by atoms with Crippen molar-refractivity contribution >= 4 is 11.6 Å². The number of rotatable bonds is 9. The normalized spacial score (nSPS) is 12.2. The standard InChI is InChI=1S/C24H24F3N3O3/c1-16(19-8-5-6-12-28-19)29-14-17-10-11-21(22(13-17)32-2)33-15-23(31)30-20-9-4-3-7-18(20)24(25,26)27/h3-13,16,29H,14-15H2,1-2H3,(H,30,31)/t16-/m1/s1. The molecule has 2 N–H and O–H groups in total. The molecule has 0 saturated carbocycles. The van der Waals surface area contributed by atoms with Crippen LogP contribution in [0.5, 0.6) is 11.5 Å². The monoisotopic (exact) mass is 459 g/mol. The van der Waals surface area contributed by atoms with Crippen LogP contribution >= 0.6 is 0 Å². The van der Waals surface area contributed by atoms with Crippen LogP contribution in [-0.2, 0) is 17.5 Å². The highest BCUT2D eigenvalue weighted by Crippen LogP contribution is 2.34. The van der Waals surface area contributed by atoms with E-state index in [0.717, 1.165) is 17.3 Å². The quantitative estimate of drug-likeness (QED) is 0.472. The van der Waals surface area contributed by atoms with Crippen LogP contribution in [-0.4, -0.2) is 24.6 Å². The summed E-state index contributed by atoms with van der Waals surface area (Å²) < 4.78 is 50.1. The number of nitrogens with zero attached hydrogens (tertiary/aromatic N) is 1. The highest BCUT2D eigenvalue weighted by molar-refractivity contribution is 5.92. The summed E-state index contributed by atoms with van der Waals surface area (Å²) in [6, 6.07) is 15.8. The zero-order valence-corrected chi connectivity index (χ0v) is 18.1. The van der Waals surface area contributed by atoms with Crippen molar-refractivity contribution in [2.24, 2.45) is 0 Å². The maximum Gasteiger partial charge on any atom is 0.418 e. The summed E-state index contributed by atoms with van der Waals surface area (Å²) in [5, 5.41) is 5.61. The number of ether oxygens (including phenoxy) is 2. The smallest absolute Gasteiger partial charge is 0.418 e. The minimum absolute atomic E-state index is 0.0383. The molecular formula is C24H24F3N3O3. The first kappa shape index (κ1) is 24.1. The number of amides is 1. The number of hydrogen-bond donors (Lipinski definition) is 2. The fraction of sp³-hybridized carbons (Fsp3) is 0.250. The number of halogens is 3. The number of methoxy groups -OCH3 is 1. The number of carbonyl (C=O) groups excluding carboxylic acids is 1. The second-order valence-corrected chi connectivity index (χ2v) is 7.22. The van der Waals surface area contributed by atoms with Gasteiger partial charge in [-0.25, -0.2) is 0 Å². The molecule has 6 nitrogen and oxygen atoms in total. The molecule has 0 fully saturated rings. The Morgan fingerprint density at radius 1 is 1.06 bits per heavy atom. The number of anilines is 1. The molecule has 0 unspecified atom stereocenters. The van der Waals surface area contributed by atoms with Crippen LogP contribution in [0, 0.1) is 0 Å². The number of hydrogen-bond acceptors (Lipinski definition) is 5. The molecule has 0 aliphatic heterocycles. The fourth-order valence-corrected chi connectivity index (χ4v) is 3.12. The van der Waals surface area contributed by atoms with Crippen molar-refractivity contribution < 1.29 is 27.4 Å². The van der Waals surface area contributed by atoms with Gasteiger partial charge in [0.15, 0.2) is 18.1 Å². The van der Waals surface area contributed by atoms with Crippen molar-refractivity contribution in [3.8, 4) is 11.5 Å². The Kier molecular flexibility index (Phi) is 7.89. The van der Waals surface area contributed by atoms with Gasteiger partial charge in [-0.05, 0) is 48.9 Å². The summed E-state index contributed by atoms with van der Waals surface area (Å²) in [5.74, 6) is -0.00903. The third-order valence-corrected chi connectivity index (χ3v) is 4.84. The zero-order chi connectivity index (χ0) is 23.8. The minimum atomic E-state index is -4.58. The van der Waals surface area contributed by atoms with Crippen molar-refractivity contribution in [1.82, 2.24) is 10.3 Å². The number of carbonyl (C=O) groups is 1. The minimum Gasteiger partial charge on any atom is -0.493 e. The first-order chi connectivity index (χ1) is 15.8. The van der Waals surface area contributed by atoms with Gasteiger partial charge in [-0.3, -0.25) is 9.78 Å². The molecule has 0 aliphatic rings. The van der Waals surface area contributed by atoms with Gasteiger partial charge in [-0.2, -0.15) is 13.2 Å². The summed E-state index contributed by atoms with van der Waals surface area (Å²) in [4.78, 5) is 16.5. The number of pyridine rings is 1. The van der Waals surface area contributed by atoms with E-state index in [1.165, 1.54) is 25.3 Å². The molecule has 2 aromatic carbocycles. The van der Waals surface area contributed by atoms with E-state index in [1.807, 2.05) is 31.2 Å². The van der Waals surface area contributed by atoms with Gasteiger partial charge in [-0.15, -0.1) is 0 Å². The van der Waals surface area contributed by atoms with Crippen molar-refractivity contribution in [2.45, 2.75) is 25.7 Å². The highest BCUT2D eigenvalue weighted by Gasteiger charge is 2.33. The molecule has 1 amide bonds. The number of para-hydroxylation sites is 1. The highest BCUT2D eigenvalue weighted by atomic mass is 19.4. The van der Waals surface area contributed by atoms with Crippen molar-refractivity contribution in [1.29, 1.82) is 0 Å². The van der Waals surface area contributed by atoms with E-state index in [-0.39, 0.29) is 11.7 Å². The molecule has 9 heteroatoms. The van der Waals surface area contributed by atoms with E-state index in [0.29, 0.717) is 18.0 Å². The van der Waals surface area contributed by atoms with Crippen LogP contribution in [0.15, 0.2) is 66.9 Å². The number of aromatic nitrogens is 1. The summed E-state index contributed by atoms with van der Waals surface area (Å²) in [5.41, 5.74) is 0.592. The zero-order valence-electron chi connectivity index (χ0n) is 18.1. The Morgan fingerprint density at radius 3 is 2.52 bits per heavy atom. The predicted octanol–water partition coefficient (Wildman–Crippen LogP) is 4.98. The van der Waals surface area contributed by atoms with Gasteiger partial charge in [0.05, 0.1) is 24.1 Å². The lowest BCUT2D eigenvalue weighted by molar-refractivity contribution is -0.137. The summed E-state index contributed by atoms with van der Waals surface area (Å²) in [6.07, 6.45) is -2.84. The Bertz CT molecular complexity index is 1080. The van der Waals surface area contributed by atoms with Crippen LogP contribution in [0.25, 0.3) is 0 Å². The largest absolute Gasteiger partial charge is 0.493 e. The molecule has 174 valence electrons. The molecule has 1 heterocycles. The molecule has 3 rings (SSSR count). The third-order valence-electron chi connectivity index (χ3n) is 4.84. The molecular weight excluding hydrogens is 435 g/mol. The van der Waals surface area contributed by atoms with E-state index in [9.17, 15) is 18.0 Å². The lowest BCUT2D eigenvalue weighted by Crippen LogP contribution is -2.22. The lowest BCUT2D eigenvalue weighted by atomic mass is 10.1. The number of alkyl halides is 3. The van der Waals surface area contributed by atoms with Gasteiger partial charge < -0.3 is 20.1 Å². The number of benzene rings is 2. The van der Waals surface area contributed by atoms with Gasteiger partial charge in [0.1, 0.15) is 0 Å². The van der Waals surface area contributed by atoms with Gasteiger partial charge in [0.2, 0.25) is 0 Å². The fourth-order valence-electron chi connectivity index (χ4n) is 3.12. The van der Waals surface area contributed by atoms with E-state index in [4.69, 9.17) is 9.47 Å². The number of nitrogens with one attached hydrogen (secondary N) is 2. The molecule has 0 radical (unpaired) electrons. The topological polar surface area (TPSA) is 72.5 Å². The first-order valence-electron chi connectivity index (χ1n) is 10.2. The Labute approximate surface area is 189 Å². The van der Waals surface area contributed by atoms with Crippen LogP contribution in [0.1, 0.15) is 29.8 Å². The molecule has 0 aliphatic carbocycles. The van der Waals surface area contributed by atoms with E-state index in [2.05, 4.69) is 15.6 Å². The van der Waals surface area contributed by atoms with Gasteiger partial charge in [0.25, 0.3) is 5.91 Å². The molecule has 0 spiro atoms. The average Bonchev–Trinajstić information content (AvgIpc) is 2.81. The maximum absolute atomic E-state index is 13.1. The molecule has 0 saturated heterocycles. The van der Waals surface area contributed by atoms with E-state index < -0.39 is 24.3 Å². The second-order valence-electron chi connectivity index (χ2n) is 7.22. The van der Waals surface area contributed by atoms with Crippen LogP contribution in [0.2, 0.25) is 0 Å². The lowest BCUT2D eigenvalue weighted by Gasteiger charge is -2.16. The Morgan fingerprint density at radius 2 is 1.82 bits per heavy atom. The Balaban J connectivity index is 1.59. The van der Waals surface area contributed by atoms with Crippen LogP contribution < -0.4 is 20.1 Å². The summed E-state index contributed by atoms with van der Waals surface area (Å²) >= 11 is 0.